The fourth-order valence-electron chi connectivity index (χ4n) is 4.84. The van der Waals surface area contributed by atoms with Crippen LogP contribution in [-0.4, -0.2) is 60.9 Å². The number of methoxy groups -OCH3 is 4. The van der Waals surface area contributed by atoms with Crippen molar-refractivity contribution in [3.63, 3.8) is 0 Å². The highest BCUT2D eigenvalue weighted by Crippen LogP contribution is 2.37. The molecule has 0 N–H and O–H groups in total. The molecule has 0 aromatic heterocycles. The molecule has 1 heterocycles. The number of para-hydroxylation sites is 1. The monoisotopic (exact) mass is 526 g/mol. The second-order valence-corrected chi connectivity index (χ2v) is 10.6. The Morgan fingerprint density at radius 2 is 1.46 bits per heavy atom. The van der Waals surface area contributed by atoms with Crippen molar-refractivity contribution in [1.29, 1.82) is 0 Å². The highest BCUT2D eigenvalue weighted by atomic mass is 32.2. The van der Waals surface area contributed by atoms with E-state index in [0.717, 1.165) is 24.4 Å². The Morgan fingerprint density at radius 1 is 0.784 bits per heavy atom. The Hall–Kier alpha value is -3.43. The fraction of sp³-hybridized carbons (Fsp3) is 0.357. The van der Waals surface area contributed by atoms with Crippen molar-refractivity contribution in [2.24, 2.45) is 0 Å². The minimum Gasteiger partial charge on any atom is -0.493 e. The number of benzene rings is 3. The number of hydrogen-bond acceptors (Lipinski definition) is 7. The first-order valence-corrected chi connectivity index (χ1v) is 13.6. The van der Waals surface area contributed by atoms with Gasteiger partial charge in [0, 0.05) is 37.3 Å². The Bertz CT molecular complexity index is 1290. The summed E-state index contributed by atoms with van der Waals surface area (Å²) in [7, 11) is 2.56. The van der Waals surface area contributed by atoms with E-state index in [-0.39, 0.29) is 10.9 Å². The van der Waals surface area contributed by atoms with Crippen LogP contribution in [0, 0.1) is 0 Å². The van der Waals surface area contributed by atoms with Crippen LogP contribution in [0.5, 0.6) is 23.0 Å². The second kappa shape index (κ2) is 11.7. The van der Waals surface area contributed by atoms with E-state index in [4.69, 9.17) is 18.9 Å². The van der Waals surface area contributed by atoms with Gasteiger partial charge >= 0.3 is 0 Å². The molecule has 0 aliphatic carbocycles. The number of likely N-dealkylation sites (tertiary alicyclic amines) is 1. The van der Waals surface area contributed by atoms with Crippen molar-refractivity contribution >= 4 is 15.7 Å². The Labute approximate surface area is 219 Å². The molecule has 3 aromatic rings. The number of ether oxygens (including phenoxy) is 4. The zero-order chi connectivity index (χ0) is 26.4. The van der Waals surface area contributed by atoms with Gasteiger partial charge in [-0.3, -0.25) is 9.21 Å². The molecule has 9 heteroatoms. The third-order valence-electron chi connectivity index (χ3n) is 6.69. The lowest BCUT2D eigenvalue weighted by atomic mass is 10.0. The largest absolute Gasteiger partial charge is 0.493 e. The average molecular weight is 527 g/mol. The van der Waals surface area contributed by atoms with Crippen LogP contribution in [0.25, 0.3) is 0 Å². The summed E-state index contributed by atoms with van der Waals surface area (Å²) >= 11 is 0. The minimum absolute atomic E-state index is 0.216. The molecule has 3 aromatic carbocycles. The van der Waals surface area contributed by atoms with E-state index >= 15 is 0 Å². The molecular formula is C28H34N2O6S. The smallest absolute Gasteiger partial charge is 0.264 e. The summed E-state index contributed by atoms with van der Waals surface area (Å²) in [5, 5.41) is 0. The molecule has 0 saturated carbocycles. The van der Waals surface area contributed by atoms with E-state index < -0.39 is 10.0 Å². The lowest BCUT2D eigenvalue weighted by molar-refractivity contribution is 0.203. The van der Waals surface area contributed by atoms with Gasteiger partial charge < -0.3 is 18.9 Å². The van der Waals surface area contributed by atoms with Crippen molar-refractivity contribution < 1.29 is 27.4 Å². The number of anilines is 1. The van der Waals surface area contributed by atoms with E-state index in [9.17, 15) is 8.42 Å². The van der Waals surface area contributed by atoms with Gasteiger partial charge in [-0.15, -0.1) is 0 Å². The second-order valence-electron chi connectivity index (χ2n) is 8.81. The molecule has 1 fully saturated rings. The van der Waals surface area contributed by atoms with E-state index in [1.807, 2.05) is 24.3 Å². The zero-order valence-electron chi connectivity index (χ0n) is 21.7. The molecular weight excluding hydrogens is 492 g/mol. The van der Waals surface area contributed by atoms with Gasteiger partial charge in [0.05, 0.1) is 39.0 Å². The molecule has 1 aliphatic rings. The molecule has 1 saturated heterocycles. The van der Waals surface area contributed by atoms with Gasteiger partial charge in [0.1, 0.15) is 0 Å². The summed E-state index contributed by atoms with van der Waals surface area (Å²) in [6, 6.07) is 19.4. The van der Waals surface area contributed by atoms with Crippen molar-refractivity contribution in [3.05, 3.63) is 72.3 Å². The summed E-state index contributed by atoms with van der Waals surface area (Å²) in [6.45, 7) is 2.16. The molecule has 37 heavy (non-hydrogen) atoms. The maximum atomic E-state index is 13.9. The van der Waals surface area contributed by atoms with Crippen molar-refractivity contribution in [3.8, 4) is 23.0 Å². The fourth-order valence-corrected chi connectivity index (χ4v) is 6.57. The van der Waals surface area contributed by atoms with E-state index in [0.29, 0.717) is 42.3 Å². The van der Waals surface area contributed by atoms with Crippen LogP contribution in [0.2, 0.25) is 0 Å². The summed E-state index contributed by atoms with van der Waals surface area (Å²) in [5.41, 5.74) is 1.59. The van der Waals surface area contributed by atoms with Crippen LogP contribution in [0.1, 0.15) is 18.4 Å². The quantitative estimate of drug-likeness (QED) is 0.383. The standard InChI is InChI=1S/C28H34N2O6S/c1-33-25-14-13-23(19-27(25)35-3)30(37(31,32)24-10-6-5-7-11-24)22-15-17-29(18-16-22)20-21-9-8-12-26(34-2)28(21)36-4/h5-14,19,22H,15-18,20H2,1-4H3. The number of sulfonamides is 1. The van der Waals surface area contributed by atoms with E-state index in [2.05, 4.69) is 4.90 Å². The predicted octanol–water partition coefficient (Wildman–Crippen LogP) is 4.58. The molecule has 0 amide bonds. The molecule has 198 valence electrons. The summed E-state index contributed by atoms with van der Waals surface area (Å²) in [5.74, 6) is 2.45. The lowest BCUT2D eigenvalue weighted by Gasteiger charge is -2.39. The van der Waals surface area contributed by atoms with Crippen LogP contribution >= 0.6 is 0 Å². The van der Waals surface area contributed by atoms with Gasteiger partial charge in [0.15, 0.2) is 23.0 Å². The maximum absolute atomic E-state index is 13.9. The Balaban J connectivity index is 1.61. The topological polar surface area (TPSA) is 77.5 Å². The first-order chi connectivity index (χ1) is 17.9. The normalized spacial score (nSPS) is 14.7. The van der Waals surface area contributed by atoms with Gasteiger partial charge in [0.25, 0.3) is 10.0 Å². The molecule has 4 rings (SSSR count). The maximum Gasteiger partial charge on any atom is 0.264 e. The van der Waals surface area contributed by atoms with Gasteiger partial charge in [0.2, 0.25) is 0 Å². The molecule has 0 unspecified atom stereocenters. The molecule has 0 radical (unpaired) electrons. The summed E-state index contributed by atoms with van der Waals surface area (Å²) in [6.07, 6.45) is 1.35. The highest BCUT2D eigenvalue weighted by Gasteiger charge is 2.35. The summed E-state index contributed by atoms with van der Waals surface area (Å²) in [4.78, 5) is 2.57. The predicted molar refractivity (Wildman–Crippen MR) is 143 cm³/mol. The van der Waals surface area contributed by atoms with E-state index in [1.165, 1.54) is 0 Å². The third kappa shape index (κ3) is 5.62. The number of piperidine rings is 1. The molecule has 0 atom stereocenters. The van der Waals surface area contributed by atoms with Crippen molar-refractivity contribution in [1.82, 2.24) is 4.90 Å². The zero-order valence-corrected chi connectivity index (χ0v) is 22.5. The van der Waals surface area contributed by atoms with Gasteiger partial charge in [-0.1, -0.05) is 30.3 Å². The Kier molecular flexibility index (Phi) is 8.45. The molecule has 0 spiro atoms. The molecule has 1 aliphatic heterocycles. The lowest BCUT2D eigenvalue weighted by Crippen LogP contribution is -2.47. The van der Waals surface area contributed by atoms with Crippen LogP contribution in [0.15, 0.2) is 71.6 Å². The van der Waals surface area contributed by atoms with Crippen LogP contribution < -0.4 is 23.3 Å². The first kappa shape index (κ1) is 26.6. The van der Waals surface area contributed by atoms with Crippen LogP contribution in [-0.2, 0) is 16.6 Å². The van der Waals surface area contributed by atoms with E-state index in [1.54, 1.807) is 75.2 Å². The van der Waals surface area contributed by atoms with Gasteiger partial charge in [-0.25, -0.2) is 8.42 Å². The van der Waals surface area contributed by atoms with Gasteiger partial charge in [-0.05, 0) is 43.2 Å². The molecule has 8 nitrogen and oxygen atoms in total. The minimum atomic E-state index is -3.81. The van der Waals surface area contributed by atoms with Crippen molar-refractivity contribution in [2.45, 2.75) is 30.3 Å². The SMILES string of the molecule is COc1ccc(N(C2CCN(Cc3cccc(OC)c3OC)CC2)S(=O)(=O)c2ccccc2)cc1OC. The van der Waals surface area contributed by atoms with Crippen LogP contribution in [0.3, 0.4) is 0 Å². The highest BCUT2D eigenvalue weighted by molar-refractivity contribution is 7.92. The summed E-state index contributed by atoms with van der Waals surface area (Å²) < 4.78 is 51.3. The molecule has 0 bridgehead atoms. The van der Waals surface area contributed by atoms with Crippen molar-refractivity contribution in [2.75, 3.05) is 45.8 Å². The first-order valence-electron chi connectivity index (χ1n) is 12.2. The number of rotatable bonds is 10. The number of nitrogens with zero attached hydrogens (tertiary/aromatic N) is 2. The Morgan fingerprint density at radius 3 is 2.08 bits per heavy atom. The number of hydrogen-bond donors (Lipinski definition) is 0. The van der Waals surface area contributed by atoms with Gasteiger partial charge in [-0.2, -0.15) is 0 Å². The average Bonchev–Trinajstić information content (AvgIpc) is 2.94. The third-order valence-corrected chi connectivity index (χ3v) is 8.58. The van der Waals surface area contributed by atoms with Crippen LogP contribution in [0.4, 0.5) is 5.69 Å².